The van der Waals surface area contributed by atoms with Crippen LogP contribution in [0.4, 0.5) is 0 Å². The lowest BCUT2D eigenvalue weighted by Gasteiger charge is -2.27. The number of nitrogens with two attached hydrogens (primary N) is 1. The number of hydrogen-bond donors (Lipinski definition) is 1. The minimum absolute atomic E-state index is 0.135. The van der Waals surface area contributed by atoms with E-state index in [1.54, 1.807) is 0 Å². The van der Waals surface area contributed by atoms with E-state index in [1.807, 2.05) is 6.92 Å². The van der Waals surface area contributed by atoms with Gasteiger partial charge in [-0.3, -0.25) is 0 Å². The van der Waals surface area contributed by atoms with Crippen LogP contribution in [0.2, 0.25) is 0 Å². The van der Waals surface area contributed by atoms with Crippen molar-refractivity contribution in [3.63, 3.8) is 0 Å². The Hall–Kier alpha value is 0.650. The third-order valence-electron chi connectivity index (χ3n) is 2.12. The van der Waals surface area contributed by atoms with E-state index in [2.05, 4.69) is 36.4 Å². The molecule has 10 heavy (non-hydrogen) atoms. The zero-order chi connectivity index (χ0) is 7.99. The first kappa shape index (κ1) is 8.74. The molecule has 1 heterocycles. The molecule has 0 aromatic carbocycles. The first-order valence-electron chi connectivity index (χ1n) is 3.45. The van der Waals surface area contributed by atoms with E-state index in [0.717, 1.165) is 6.61 Å². The average Bonchev–Trinajstić information content (AvgIpc) is 1.95. The van der Waals surface area contributed by atoms with Crippen molar-refractivity contribution in [1.29, 1.82) is 0 Å². The van der Waals surface area contributed by atoms with Crippen molar-refractivity contribution in [3.8, 4) is 0 Å². The van der Waals surface area contributed by atoms with Gasteiger partial charge in [-0.1, -0.05) is 13.8 Å². The van der Waals surface area contributed by atoms with Crippen LogP contribution in [0.3, 0.4) is 0 Å². The van der Waals surface area contributed by atoms with Crippen LogP contribution in [0.5, 0.6) is 0 Å². The lowest BCUT2D eigenvalue weighted by atomic mass is 9.86. The first-order chi connectivity index (χ1) is 4.36. The minimum Gasteiger partial charge on any atom is -0.363 e. The van der Waals surface area contributed by atoms with Crippen molar-refractivity contribution in [2.24, 2.45) is 11.1 Å². The molecule has 0 saturated carbocycles. The smallest absolute Gasteiger partial charge is 0.131 e. The Balaban J connectivity index is 2.77. The van der Waals surface area contributed by atoms with Gasteiger partial charge in [0.05, 0.1) is 6.61 Å². The highest BCUT2D eigenvalue weighted by Gasteiger charge is 2.47. The standard InChI is InChI=1S/C7H14INO/c1-6(2)4-10-7(3,8)5(6)9/h5H,4,9H2,1-3H3/t5-,7?/m0/s1. The first-order valence-corrected chi connectivity index (χ1v) is 4.52. The number of halogens is 1. The Kier molecular flexibility index (Phi) is 2.03. The van der Waals surface area contributed by atoms with Crippen LogP contribution >= 0.6 is 22.6 Å². The maximum absolute atomic E-state index is 5.96. The summed E-state index contributed by atoms with van der Waals surface area (Å²) in [6, 6.07) is 0.139. The van der Waals surface area contributed by atoms with Gasteiger partial charge in [-0.15, -0.1) is 0 Å². The summed E-state index contributed by atoms with van der Waals surface area (Å²) in [5.74, 6) is 0. The maximum Gasteiger partial charge on any atom is 0.131 e. The Morgan fingerprint density at radius 1 is 1.50 bits per heavy atom. The second-order valence-electron chi connectivity index (χ2n) is 3.74. The van der Waals surface area contributed by atoms with Crippen molar-refractivity contribution in [1.82, 2.24) is 0 Å². The van der Waals surface area contributed by atoms with Crippen LogP contribution in [0, 0.1) is 5.41 Å². The molecule has 2 nitrogen and oxygen atoms in total. The number of hydrogen-bond acceptors (Lipinski definition) is 2. The molecule has 0 aliphatic carbocycles. The van der Waals surface area contributed by atoms with Gasteiger partial charge in [0.15, 0.2) is 0 Å². The number of rotatable bonds is 0. The van der Waals surface area contributed by atoms with Gasteiger partial charge in [-0.2, -0.15) is 0 Å². The Bertz CT molecular complexity index is 129. The summed E-state index contributed by atoms with van der Waals surface area (Å²) in [6.07, 6.45) is 0. The topological polar surface area (TPSA) is 35.2 Å². The van der Waals surface area contributed by atoms with Crippen LogP contribution in [-0.2, 0) is 4.74 Å². The fourth-order valence-electron chi connectivity index (χ4n) is 1.20. The van der Waals surface area contributed by atoms with Crippen molar-refractivity contribution < 1.29 is 4.74 Å². The van der Waals surface area contributed by atoms with Gasteiger partial charge in [-0.05, 0) is 29.5 Å². The third kappa shape index (κ3) is 1.31. The number of ether oxygens (including phenoxy) is 1. The molecule has 0 spiro atoms. The molecule has 3 heteroatoms. The summed E-state index contributed by atoms with van der Waals surface area (Å²) >= 11 is 2.27. The highest BCUT2D eigenvalue weighted by molar-refractivity contribution is 14.1. The highest BCUT2D eigenvalue weighted by Crippen LogP contribution is 2.41. The zero-order valence-corrected chi connectivity index (χ0v) is 8.81. The van der Waals surface area contributed by atoms with E-state index < -0.39 is 0 Å². The van der Waals surface area contributed by atoms with E-state index in [-0.39, 0.29) is 15.1 Å². The summed E-state index contributed by atoms with van der Waals surface area (Å²) in [7, 11) is 0. The SMILES string of the molecule is CC1(C)COC(C)(I)[C@H]1N. The zero-order valence-electron chi connectivity index (χ0n) is 6.65. The molecular formula is C7H14INO. The molecule has 0 radical (unpaired) electrons. The van der Waals surface area contributed by atoms with E-state index in [4.69, 9.17) is 10.5 Å². The van der Waals surface area contributed by atoms with Crippen LogP contribution in [-0.4, -0.2) is 16.3 Å². The molecule has 0 amide bonds. The second kappa shape index (κ2) is 2.32. The highest BCUT2D eigenvalue weighted by atomic mass is 127. The summed E-state index contributed by atoms with van der Waals surface area (Å²) in [5.41, 5.74) is 6.09. The molecule has 2 atom stereocenters. The molecule has 1 unspecified atom stereocenters. The van der Waals surface area contributed by atoms with Crippen LogP contribution in [0.25, 0.3) is 0 Å². The van der Waals surface area contributed by atoms with Crippen molar-refractivity contribution in [2.45, 2.75) is 30.4 Å². The fraction of sp³-hybridized carbons (Fsp3) is 1.00. The Morgan fingerprint density at radius 3 is 2.10 bits per heavy atom. The van der Waals surface area contributed by atoms with Crippen molar-refractivity contribution in [3.05, 3.63) is 0 Å². The molecule has 2 N–H and O–H groups in total. The monoisotopic (exact) mass is 255 g/mol. The summed E-state index contributed by atoms with van der Waals surface area (Å²) < 4.78 is 5.36. The molecule has 60 valence electrons. The van der Waals surface area contributed by atoms with Gasteiger partial charge in [0.1, 0.15) is 3.61 Å². The van der Waals surface area contributed by atoms with Gasteiger partial charge in [0, 0.05) is 11.5 Å². The molecule has 1 fully saturated rings. The second-order valence-corrected chi connectivity index (χ2v) is 5.88. The lowest BCUT2D eigenvalue weighted by molar-refractivity contribution is 0.0969. The largest absolute Gasteiger partial charge is 0.363 e. The van der Waals surface area contributed by atoms with E-state index in [0.29, 0.717) is 0 Å². The van der Waals surface area contributed by atoms with Gasteiger partial charge in [0.2, 0.25) is 0 Å². The number of alkyl halides is 1. The quantitative estimate of drug-likeness (QED) is 0.526. The van der Waals surface area contributed by atoms with Gasteiger partial charge in [0.25, 0.3) is 0 Å². The minimum atomic E-state index is -0.165. The normalized spacial score (nSPS) is 45.9. The third-order valence-corrected chi connectivity index (χ3v) is 3.11. The maximum atomic E-state index is 5.96. The van der Waals surface area contributed by atoms with Crippen LogP contribution in [0.15, 0.2) is 0 Å². The molecule has 1 aliphatic rings. The lowest BCUT2D eigenvalue weighted by Crippen LogP contribution is -2.44. The van der Waals surface area contributed by atoms with Crippen molar-refractivity contribution in [2.75, 3.05) is 6.61 Å². The molecule has 0 aromatic heterocycles. The molecule has 1 aliphatic heterocycles. The molecule has 0 aromatic rings. The van der Waals surface area contributed by atoms with E-state index >= 15 is 0 Å². The van der Waals surface area contributed by atoms with Gasteiger partial charge in [-0.25, -0.2) is 0 Å². The predicted octanol–water partition coefficient (Wildman–Crippen LogP) is 1.52. The average molecular weight is 255 g/mol. The molecule has 0 bridgehead atoms. The van der Waals surface area contributed by atoms with Crippen LogP contribution in [0.1, 0.15) is 20.8 Å². The summed E-state index contributed by atoms with van der Waals surface area (Å²) in [4.78, 5) is 0. The molecule has 1 saturated heterocycles. The fourth-order valence-corrected chi connectivity index (χ4v) is 2.20. The predicted molar refractivity (Wildman–Crippen MR) is 50.1 cm³/mol. The van der Waals surface area contributed by atoms with Crippen LogP contribution < -0.4 is 5.73 Å². The summed E-state index contributed by atoms with van der Waals surface area (Å²) in [5, 5.41) is 0. The summed E-state index contributed by atoms with van der Waals surface area (Å²) in [6.45, 7) is 7.09. The van der Waals surface area contributed by atoms with Gasteiger partial charge < -0.3 is 10.5 Å². The van der Waals surface area contributed by atoms with Crippen molar-refractivity contribution >= 4 is 22.6 Å². The molecular weight excluding hydrogens is 241 g/mol. The Labute approximate surface area is 75.6 Å². The Morgan fingerprint density at radius 2 is 2.00 bits per heavy atom. The van der Waals surface area contributed by atoms with E-state index in [9.17, 15) is 0 Å². The molecule has 1 rings (SSSR count). The van der Waals surface area contributed by atoms with Gasteiger partial charge >= 0.3 is 0 Å². The van der Waals surface area contributed by atoms with E-state index in [1.165, 1.54) is 0 Å².